The fourth-order valence-electron chi connectivity index (χ4n) is 1.88. The van der Waals surface area contributed by atoms with Gasteiger partial charge in [0.25, 0.3) is 5.69 Å². The minimum absolute atomic E-state index is 0.0636. The van der Waals surface area contributed by atoms with Crippen LogP contribution in [0.15, 0.2) is 54.6 Å². The Labute approximate surface area is 110 Å². The summed E-state index contributed by atoms with van der Waals surface area (Å²) in [4.78, 5) is 10.2. The summed E-state index contributed by atoms with van der Waals surface area (Å²) in [6, 6.07) is 16.4. The van der Waals surface area contributed by atoms with Gasteiger partial charge in [0.15, 0.2) is 0 Å². The molecule has 1 atom stereocenters. The molecule has 0 aliphatic rings. The molecule has 1 unspecified atom stereocenters. The summed E-state index contributed by atoms with van der Waals surface area (Å²) in [5.74, 6) is 0.510. The van der Waals surface area contributed by atoms with Gasteiger partial charge in [0.05, 0.1) is 4.92 Å². The molecule has 0 aliphatic carbocycles. The number of benzene rings is 2. The second-order valence-electron chi connectivity index (χ2n) is 3.97. The molecule has 0 fully saturated rings. The van der Waals surface area contributed by atoms with E-state index in [9.17, 15) is 10.1 Å². The lowest BCUT2D eigenvalue weighted by atomic mass is 9.93. The van der Waals surface area contributed by atoms with Gasteiger partial charge < -0.3 is 0 Å². The van der Waals surface area contributed by atoms with Crippen LogP contribution >= 0.6 is 11.6 Å². The number of nitrogens with zero attached hydrogens (tertiary/aromatic N) is 1. The Hall–Kier alpha value is -1.87. The molecular weight excluding hydrogens is 250 g/mol. The molecule has 2 rings (SSSR count). The summed E-state index contributed by atoms with van der Waals surface area (Å²) < 4.78 is 0. The number of halogens is 1. The van der Waals surface area contributed by atoms with E-state index in [-0.39, 0.29) is 11.6 Å². The van der Waals surface area contributed by atoms with Crippen LogP contribution in [0.2, 0.25) is 0 Å². The van der Waals surface area contributed by atoms with E-state index in [1.165, 1.54) is 12.1 Å². The third-order valence-corrected chi connectivity index (χ3v) is 3.17. The number of hydrogen-bond acceptors (Lipinski definition) is 2. The van der Waals surface area contributed by atoms with Gasteiger partial charge in [-0.25, -0.2) is 0 Å². The number of non-ortho nitro benzene ring substituents is 1. The molecule has 0 saturated carbocycles. The van der Waals surface area contributed by atoms with Crippen LogP contribution in [0.25, 0.3) is 0 Å². The minimum atomic E-state index is -0.401. The zero-order chi connectivity index (χ0) is 13.0. The molecule has 0 aliphatic heterocycles. The zero-order valence-corrected chi connectivity index (χ0v) is 10.4. The molecule has 2 aromatic rings. The van der Waals surface area contributed by atoms with E-state index in [0.29, 0.717) is 5.88 Å². The molecule has 0 heterocycles. The molecule has 92 valence electrons. The Morgan fingerprint density at radius 2 is 1.56 bits per heavy atom. The predicted octanol–water partition coefficient (Wildman–Crippen LogP) is 3.97. The Morgan fingerprint density at radius 3 is 2.06 bits per heavy atom. The van der Waals surface area contributed by atoms with Crippen molar-refractivity contribution in [3.8, 4) is 0 Å². The topological polar surface area (TPSA) is 43.1 Å². The van der Waals surface area contributed by atoms with Crippen LogP contribution in [-0.4, -0.2) is 10.8 Å². The first kappa shape index (κ1) is 12.6. The molecular formula is C14H12ClNO2. The van der Waals surface area contributed by atoms with Crippen LogP contribution in [0, 0.1) is 10.1 Å². The highest BCUT2D eigenvalue weighted by Crippen LogP contribution is 2.27. The summed E-state index contributed by atoms with van der Waals surface area (Å²) in [6.07, 6.45) is 0. The number of hydrogen-bond donors (Lipinski definition) is 0. The van der Waals surface area contributed by atoms with E-state index in [0.717, 1.165) is 11.1 Å². The summed E-state index contributed by atoms with van der Waals surface area (Å²) in [5, 5.41) is 10.6. The van der Waals surface area contributed by atoms with Crippen LogP contribution in [0.4, 0.5) is 5.69 Å². The third kappa shape index (κ3) is 2.68. The van der Waals surface area contributed by atoms with E-state index in [1.54, 1.807) is 12.1 Å². The zero-order valence-electron chi connectivity index (χ0n) is 9.62. The molecule has 0 N–H and O–H groups in total. The standard InChI is InChI=1S/C14H12ClNO2/c15-10-14(11-4-2-1-3-5-11)12-6-8-13(9-7-12)16(17)18/h1-9,14H,10H2. The number of nitro groups is 1. The maximum Gasteiger partial charge on any atom is 0.269 e. The van der Waals surface area contributed by atoms with E-state index in [4.69, 9.17) is 11.6 Å². The SMILES string of the molecule is O=[N+]([O-])c1ccc(C(CCl)c2ccccc2)cc1. The maximum absolute atomic E-state index is 10.6. The molecule has 2 aromatic carbocycles. The second-order valence-corrected chi connectivity index (χ2v) is 4.27. The molecule has 3 nitrogen and oxygen atoms in total. The summed E-state index contributed by atoms with van der Waals surface area (Å²) in [5.41, 5.74) is 2.20. The van der Waals surface area contributed by atoms with E-state index < -0.39 is 4.92 Å². The summed E-state index contributed by atoms with van der Waals surface area (Å²) in [7, 11) is 0. The second kappa shape index (κ2) is 5.65. The minimum Gasteiger partial charge on any atom is -0.258 e. The smallest absolute Gasteiger partial charge is 0.258 e. The Balaban J connectivity index is 2.31. The van der Waals surface area contributed by atoms with Gasteiger partial charge in [-0.05, 0) is 11.1 Å². The van der Waals surface area contributed by atoms with Gasteiger partial charge in [-0.1, -0.05) is 42.5 Å². The van der Waals surface area contributed by atoms with E-state index >= 15 is 0 Å². The van der Waals surface area contributed by atoms with Crippen LogP contribution in [0.1, 0.15) is 17.0 Å². The number of nitro benzene ring substituents is 1. The quantitative estimate of drug-likeness (QED) is 0.475. The van der Waals surface area contributed by atoms with Gasteiger partial charge in [0.1, 0.15) is 0 Å². The number of alkyl halides is 1. The number of rotatable bonds is 4. The van der Waals surface area contributed by atoms with Crippen molar-refractivity contribution in [1.82, 2.24) is 0 Å². The lowest BCUT2D eigenvalue weighted by molar-refractivity contribution is -0.384. The fourth-order valence-corrected chi connectivity index (χ4v) is 2.24. The maximum atomic E-state index is 10.6. The van der Waals surface area contributed by atoms with Gasteiger partial charge in [0, 0.05) is 23.9 Å². The Kier molecular flexibility index (Phi) is 3.95. The lowest BCUT2D eigenvalue weighted by Crippen LogP contribution is -2.02. The molecule has 4 heteroatoms. The molecule has 0 spiro atoms. The predicted molar refractivity (Wildman–Crippen MR) is 72.1 cm³/mol. The average Bonchev–Trinajstić information content (AvgIpc) is 2.41. The van der Waals surface area contributed by atoms with Gasteiger partial charge in [0.2, 0.25) is 0 Å². The van der Waals surface area contributed by atoms with Crippen LogP contribution < -0.4 is 0 Å². The monoisotopic (exact) mass is 261 g/mol. The molecule has 0 amide bonds. The molecule has 18 heavy (non-hydrogen) atoms. The van der Waals surface area contributed by atoms with E-state index in [2.05, 4.69) is 0 Å². The van der Waals surface area contributed by atoms with Gasteiger partial charge in [-0.15, -0.1) is 11.6 Å². The molecule has 0 bridgehead atoms. The Bertz CT molecular complexity index is 525. The van der Waals surface area contributed by atoms with E-state index in [1.807, 2.05) is 30.3 Å². The van der Waals surface area contributed by atoms with Crippen LogP contribution in [0.3, 0.4) is 0 Å². The molecule has 0 saturated heterocycles. The average molecular weight is 262 g/mol. The first-order chi connectivity index (χ1) is 8.72. The normalized spacial score (nSPS) is 12.1. The van der Waals surface area contributed by atoms with Gasteiger partial charge >= 0.3 is 0 Å². The fraction of sp³-hybridized carbons (Fsp3) is 0.143. The highest BCUT2D eigenvalue weighted by Gasteiger charge is 2.14. The van der Waals surface area contributed by atoms with Gasteiger partial charge in [-0.2, -0.15) is 0 Å². The largest absolute Gasteiger partial charge is 0.269 e. The first-order valence-electron chi connectivity index (χ1n) is 5.57. The van der Waals surface area contributed by atoms with Gasteiger partial charge in [-0.3, -0.25) is 10.1 Å². The summed E-state index contributed by atoms with van der Waals surface area (Å²) >= 11 is 6.01. The summed E-state index contributed by atoms with van der Waals surface area (Å²) in [6.45, 7) is 0. The van der Waals surface area contributed by atoms with Crippen molar-refractivity contribution >= 4 is 17.3 Å². The highest BCUT2D eigenvalue weighted by atomic mass is 35.5. The third-order valence-electron chi connectivity index (χ3n) is 2.86. The van der Waals surface area contributed by atoms with Crippen molar-refractivity contribution in [2.24, 2.45) is 0 Å². The van der Waals surface area contributed by atoms with Crippen molar-refractivity contribution in [1.29, 1.82) is 0 Å². The van der Waals surface area contributed by atoms with Crippen LogP contribution in [-0.2, 0) is 0 Å². The van der Waals surface area contributed by atoms with Crippen molar-refractivity contribution in [2.75, 3.05) is 5.88 Å². The first-order valence-corrected chi connectivity index (χ1v) is 6.11. The van der Waals surface area contributed by atoms with Crippen molar-refractivity contribution in [2.45, 2.75) is 5.92 Å². The molecule has 0 aromatic heterocycles. The van der Waals surface area contributed by atoms with Crippen molar-refractivity contribution in [3.05, 3.63) is 75.8 Å². The van der Waals surface area contributed by atoms with Crippen molar-refractivity contribution < 1.29 is 4.92 Å². The van der Waals surface area contributed by atoms with Crippen molar-refractivity contribution in [3.63, 3.8) is 0 Å². The Morgan fingerprint density at radius 1 is 1.00 bits per heavy atom. The molecule has 0 radical (unpaired) electrons. The van der Waals surface area contributed by atoms with Crippen LogP contribution in [0.5, 0.6) is 0 Å². The highest BCUT2D eigenvalue weighted by molar-refractivity contribution is 6.18. The lowest BCUT2D eigenvalue weighted by Gasteiger charge is -2.14.